The highest BCUT2D eigenvalue weighted by molar-refractivity contribution is 7.86. The van der Waals surface area contributed by atoms with Gasteiger partial charge in [0.25, 0.3) is 0 Å². The number of benzene rings is 1. The first kappa shape index (κ1) is 9.87. The number of nitrogens with one attached hydrogen (secondary N) is 1. The van der Waals surface area contributed by atoms with Gasteiger partial charge in [-0.2, -0.15) is 0 Å². The van der Waals surface area contributed by atoms with E-state index in [1.807, 2.05) is 25.2 Å². The first-order valence-electron chi connectivity index (χ1n) is 4.96. The summed E-state index contributed by atoms with van der Waals surface area (Å²) in [5.74, 6) is 0. The van der Waals surface area contributed by atoms with Gasteiger partial charge < -0.3 is 5.32 Å². The third-order valence-electron chi connectivity index (χ3n) is 2.83. The normalized spacial score (nSPS) is 30.3. The Hall–Kier alpha value is -0.670. The lowest BCUT2D eigenvalue weighted by Gasteiger charge is -2.16. The van der Waals surface area contributed by atoms with Gasteiger partial charge in [0.1, 0.15) is 0 Å². The largest absolute Gasteiger partial charge is 0.312 e. The fourth-order valence-electron chi connectivity index (χ4n) is 2.14. The quantitative estimate of drug-likeness (QED) is 0.805. The Kier molecular flexibility index (Phi) is 2.70. The van der Waals surface area contributed by atoms with Crippen LogP contribution in [0, 0.1) is 0 Å². The number of hydrogen-bond donors (Lipinski definition) is 1. The van der Waals surface area contributed by atoms with E-state index in [1.54, 1.807) is 0 Å². The molecule has 0 saturated carbocycles. The van der Waals surface area contributed by atoms with E-state index in [-0.39, 0.29) is 11.3 Å². The van der Waals surface area contributed by atoms with Crippen LogP contribution < -0.4 is 5.32 Å². The zero-order valence-electron chi connectivity index (χ0n) is 8.49. The van der Waals surface area contributed by atoms with Crippen molar-refractivity contribution >= 4 is 10.8 Å². The van der Waals surface area contributed by atoms with Crippen LogP contribution in [0.3, 0.4) is 0 Å². The molecule has 14 heavy (non-hydrogen) atoms. The van der Waals surface area contributed by atoms with Crippen molar-refractivity contribution in [2.24, 2.45) is 0 Å². The van der Waals surface area contributed by atoms with Crippen molar-refractivity contribution in [3.63, 3.8) is 0 Å². The van der Waals surface area contributed by atoms with Gasteiger partial charge in [0.2, 0.25) is 0 Å². The van der Waals surface area contributed by atoms with Gasteiger partial charge in [0, 0.05) is 10.9 Å². The zero-order valence-corrected chi connectivity index (χ0v) is 9.30. The third kappa shape index (κ3) is 1.31. The molecule has 3 unspecified atom stereocenters. The standard InChI is InChI=1S/C11H15NOS/c1-3-9-11(12-2)8-6-4-5-7-10(8)14(9)13/h4-7,9,11-12H,3H2,1-2H3. The van der Waals surface area contributed by atoms with Gasteiger partial charge >= 0.3 is 0 Å². The van der Waals surface area contributed by atoms with E-state index in [9.17, 15) is 4.21 Å². The molecule has 0 saturated heterocycles. The minimum Gasteiger partial charge on any atom is -0.312 e. The van der Waals surface area contributed by atoms with Crippen molar-refractivity contribution in [3.05, 3.63) is 29.8 Å². The molecular formula is C11H15NOS. The molecule has 3 atom stereocenters. The van der Waals surface area contributed by atoms with Crippen LogP contribution in [-0.4, -0.2) is 16.5 Å². The van der Waals surface area contributed by atoms with Gasteiger partial charge in [-0.3, -0.25) is 4.21 Å². The van der Waals surface area contributed by atoms with E-state index in [2.05, 4.69) is 18.3 Å². The van der Waals surface area contributed by atoms with Crippen molar-refractivity contribution < 1.29 is 4.21 Å². The summed E-state index contributed by atoms with van der Waals surface area (Å²) in [4.78, 5) is 1.01. The summed E-state index contributed by atoms with van der Waals surface area (Å²) in [5.41, 5.74) is 1.21. The molecule has 3 heteroatoms. The first-order valence-corrected chi connectivity index (χ1v) is 6.17. The van der Waals surface area contributed by atoms with Gasteiger partial charge in [0.15, 0.2) is 0 Å². The monoisotopic (exact) mass is 209 g/mol. The summed E-state index contributed by atoms with van der Waals surface area (Å²) in [5, 5.41) is 3.49. The lowest BCUT2D eigenvalue weighted by Crippen LogP contribution is -2.26. The van der Waals surface area contributed by atoms with E-state index in [0.717, 1.165) is 11.3 Å². The van der Waals surface area contributed by atoms with E-state index in [0.29, 0.717) is 0 Å². The SMILES string of the molecule is CCC1C(NC)c2ccccc2S1=O. The van der Waals surface area contributed by atoms with Crippen LogP contribution in [0.1, 0.15) is 24.9 Å². The fraction of sp³-hybridized carbons (Fsp3) is 0.455. The van der Waals surface area contributed by atoms with E-state index >= 15 is 0 Å². The Bertz CT molecular complexity index is 364. The lowest BCUT2D eigenvalue weighted by atomic mass is 10.0. The summed E-state index contributed by atoms with van der Waals surface area (Å²) in [6.45, 7) is 2.10. The average molecular weight is 209 g/mol. The predicted octanol–water partition coefficient (Wildman–Crippen LogP) is 1.85. The van der Waals surface area contributed by atoms with Gasteiger partial charge in [-0.25, -0.2) is 0 Å². The molecule has 1 heterocycles. The van der Waals surface area contributed by atoms with E-state index in [1.165, 1.54) is 5.56 Å². The maximum Gasteiger partial charge on any atom is 0.0587 e. The zero-order chi connectivity index (χ0) is 10.1. The number of fused-ring (bicyclic) bond motifs is 1. The van der Waals surface area contributed by atoms with Crippen molar-refractivity contribution in [3.8, 4) is 0 Å². The van der Waals surface area contributed by atoms with E-state index < -0.39 is 10.8 Å². The van der Waals surface area contributed by atoms with Crippen LogP contribution in [0.15, 0.2) is 29.2 Å². The van der Waals surface area contributed by atoms with Crippen molar-refractivity contribution in [1.29, 1.82) is 0 Å². The molecule has 0 radical (unpaired) electrons. The van der Waals surface area contributed by atoms with Crippen molar-refractivity contribution in [2.45, 2.75) is 29.5 Å². The topological polar surface area (TPSA) is 29.1 Å². The molecule has 1 N–H and O–H groups in total. The highest BCUT2D eigenvalue weighted by atomic mass is 32.2. The second kappa shape index (κ2) is 3.83. The Morgan fingerprint density at radius 1 is 1.43 bits per heavy atom. The summed E-state index contributed by atoms with van der Waals surface area (Å²) in [6, 6.07) is 8.28. The number of rotatable bonds is 2. The van der Waals surface area contributed by atoms with Crippen LogP contribution in [0.5, 0.6) is 0 Å². The molecule has 1 aliphatic heterocycles. The highest BCUT2D eigenvalue weighted by Gasteiger charge is 2.36. The van der Waals surface area contributed by atoms with Crippen LogP contribution in [0.4, 0.5) is 0 Å². The van der Waals surface area contributed by atoms with Crippen molar-refractivity contribution in [2.75, 3.05) is 7.05 Å². The smallest absolute Gasteiger partial charge is 0.0587 e. The molecule has 0 bridgehead atoms. The summed E-state index contributed by atoms with van der Waals surface area (Å²) >= 11 is 0. The Labute approximate surface area is 87.2 Å². The summed E-state index contributed by atoms with van der Waals surface area (Å²) in [6.07, 6.45) is 0.951. The molecule has 2 rings (SSSR count). The molecular weight excluding hydrogens is 194 g/mol. The van der Waals surface area contributed by atoms with Crippen LogP contribution in [0.25, 0.3) is 0 Å². The molecule has 0 aromatic heterocycles. The molecule has 1 aromatic carbocycles. The molecule has 2 nitrogen and oxygen atoms in total. The third-order valence-corrected chi connectivity index (χ3v) is 4.79. The molecule has 1 aromatic rings. The van der Waals surface area contributed by atoms with Gasteiger partial charge in [-0.15, -0.1) is 0 Å². The van der Waals surface area contributed by atoms with Crippen LogP contribution in [0.2, 0.25) is 0 Å². The molecule has 76 valence electrons. The average Bonchev–Trinajstić information content (AvgIpc) is 2.51. The van der Waals surface area contributed by atoms with Gasteiger partial charge in [0.05, 0.1) is 16.0 Å². The molecule has 1 aliphatic rings. The Morgan fingerprint density at radius 3 is 2.79 bits per heavy atom. The van der Waals surface area contributed by atoms with Crippen molar-refractivity contribution in [1.82, 2.24) is 5.32 Å². The van der Waals surface area contributed by atoms with E-state index in [4.69, 9.17) is 0 Å². The number of hydrogen-bond acceptors (Lipinski definition) is 2. The molecule has 0 spiro atoms. The van der Waals surface area contributed by atoms with Crippen LogP contribution >= 0.6 is 0 Å². The molecule has 0 aliphatic carbocycles. The minimum atomic E-state index is -0.828. The summed E-state index contributed by atoms with van der Waals surface area (Å²) in [7, 11) is 1.11. The Morgan fingerprint density at radius 2 is 2.14 bits per heavy atom. The predicted molar refractivity (Wildman–Crippen MR) is 58.7 cm³/mol. The van der Waals surface area contributed by atoms with Gasteiger partial charge in [-0.1, -0.05) is 25.1 Å². The van der Waals surface area contributed by atoms with Gasteiger partial charge in [-0.05, 0) is 25.1 Å². The lowest BCUT2D eigenvalue weighted by molar-refractivity contribution is 0.553. The van der Waals surface area contributed by atoms with Crippen LogP contribution in [-0.2, 0) is 10.8 Å². The minimum absolute atomic E-state index is 0.234. The first-order chi connectivity index (χ1) is 6.79. The fourth-order valence-corrected chi connectivity index (χ4v) is 3.93. The highest BCUT2D eigenvalue weighted by Crippen LogP contribution is 2.37. The maximum atomic E-state index is 12.1. The molecule has 0 fully saturated rings. The summed E-state index contributed by atoms with van der Waals surface area (Å²) < 4.78 is 12.1. The molecule has 0 amide bonds. The second-order valence-corrected chi connectivity index (χ2v) is 5.19. The second-order valence-electron chi connectivity index (χ2n) is 3.55. The maximum absolute atomic E-state index is 12.1. The Balaban J connectivity index is 2.48.